The molecule has 104 valence electrons. The van der Waals surface area contributed by atoms with E-state index in [1.165, 1.54) is 17.1 Å². The molecule has 0 saturated carbocycles. The molecular weight excluding hydrogens is 272 g/mol. The van der Waals surface area contributed by atoms with Gasteiger partial charge in [0, 0.05) is 12.7 Å². The third-order valence-electron chi connectivity index (χ3n) is 2.36. The summed E-state index contributed by atoms with van der Waals surface area (Å²) in [6.07, 6.45) is 2.68. The molecule has 0 aliphatic heterocycles. The van der Waals surface area contributed by atoms with E-state index in [2.05, 4.69) is 30.4 Å². The Bertz CT molecular complexity index is 619. The number of tetrazole rings is 1. The van der Waals surface area contributed by atoms with Gasteiger partial charge < -0.3 is 5.73 Å². The van der Waals surface area contributed by atoms with Gasteiger partial charge in [0.05, 0.1) is 18.8 Å². The smallest absolute Gasteiger partial charge is 0.244 e. The minimum atomic E-state index is -3.68. The molecule has 0 aliphatic carbocycles. The quantitative estimate of drug-likeness (QED) is 0.579. The Morgan fingerprint density at radius 2 is 2.37 bits per heavy atom. The normalized spacial score (nSPS) is 13.6. The van der Waals surface area contributed by atoms with Crippen molar-refractivity contribution in [1.82, 2.24) is 35.1 Å². The summed E-state index contributed by atoms with van der Waals surface area (Å²) in [5.74, 6) is 0.262. The number of sulfonamides is 1. The van der Waals surface area contributed by atoms with Crippen molar-refractivity contribution in [1.29, 1.82) is 0 Å². The largest absolute Gasteiger partial charge is 0.329 e. The first kappa shape index (κ1) is 13.6. The van der Waals surface area contributed by atoms with Gasteiger partial charge in [-0.15, -0.1) is 10.2 Å². The Morgan fingerprint density at radius 1 is 1.58 bits per heavy atom. The van der Waals surface area contributed by atoms with Crippen molar-refractivity contribution in [3.63, 3.8) is 0 Å². The minimum Gasteiger partial charge on any atom is -0.329 e. The first-order chi connectivity index (χ1) is 9.03. The Morgan fingerprint density at radius 3 is 3.00 bits per heavy atom. The van der Waals surface area contributed by atoms with Gasteiger partial charge in [0.25, 0.3) is 0 Å². The number of aromatic amines is 1. The maximum Gasteiger partial charge on any atom is 0.244 e. The maximum absolute atomic E-state index is 12.1. The van der Waals surface area contributed by atoms with Crippen LogP contribution in [0.2, 0.25) is 0 Å². The number of aromatic nitrogens is 6. The highest BCUT2D eigenvalue weighted by molar-refractivity contribution is 7.89. The highest BCUT2D eigenvalue weighted by Crippen LogP contribution is 2.12. The van der Waals surface area contributed by atoms with Crippen molar-refractivity contribution in [3.8, 4) is 0 Å². The van der Waals surface area contributed by atoms with Crippen molar-refractivity contribution in [2.75, 3.05) is 6.54 Å². The fourth-order valence-electron chi connectivity index (χ4n) is 1.44. The number of H-pyrrole nitrogens is 1. The van der Waals surface area contributed by atoms with E-state index >= 15 is 0 Å². The van der Waals surface area contributed by atoms with Crippen LogP contribution in [0.4, 0.5) is 0 Å². The van der Waals surface area contributed by atoms with Gasteiger partial charge in [0.2, 0.25) is 10.0 Å². The number of nitrogens with two attached hydrogens (primary N) is 1. The summed E-state index contributed by atoms with van der Waals surface area (Å²) in [5.41, 5.74) is 5.37. The van der Waals surface area contributed by atoms with E-state index in [0.29, 0.717) is 13.1 Å². The molecule has 1 atom stereocenters. The number of hydrogen-bond donors (Lipinski definition) is 3. The second-order valence-electron chi connectivity index (χ2n) is 3.84. The molecule has 19 heavy (non-hydrogen) atoms. The molecule has 0 bridgehead atoms. The third-order valence-corrected chi connectivity index (χ3v) is 3.85. The molecule has 0 amide bonds. The number of hydrogen-bond acceptors (Lipinski definition) is 7. The predicted octanol–water partition coefficient (Wildman–Crippen LogP) is -1.61. The van der Waals surface area contributed by atoms with Crippen molar-refractivity contribution in [3.05, 3.63) is 18.2 Å². The molecule has 11 heteroatoms. The fourth-order valence-corrected chi connectivity index (χ4v) is 2.60. The molecule has 0 radical (unpaired) electrons. The average molecular weight is 286 g/mol. The Kier molecular flexibility index (Phi) is 3.87. The zero-order chi connectivity index (χ0) is 13.9. The number of rotatable bonds is 6. The average Bonchev–Trinajstić information content (AvgIpc) is 2.99. The zero-order valence-corrected chi connectivity index (χ0v) is 11.0. The molecule has 2 heterocycles. The van der Waals surface area contributed by atoms with E-state index in [-0.39, 0.29) is 10.7 Å². The third kappa shape index (κ3) is 3.13. The zero-order valence-electron chi connectivity index (χ0n) is 10.2. The van der Waals surface area contributed by atoms with E-state index in [4.69, 9.17) is 5.73 Å². The molecule has 0 fully saturated rings. The van der Waals surface area contributed by atoms with Gasteiger partial charge in [-0.3, -0.25) is 4.68 Å². The molecule has 0 aromatic carbocycles. The van der Waals surface area contributed by atoms with E-state index in [1.807, 2.05) is 0 Å². The molecule has 4 N–H and O–H groups in total. The highest BCUT2D eigenvalue weighted by Gasteiger charge is 2.22. The topological polar surface area (TPSA) is 144 Å². The lowest BCUT2D eigenvalue weighted by Gasteiger charge is -2.08. The lowest BCUT2D eigenvalue weighted by atomic mass is 10.4. The van der Waals surface area contributed by atoms with Gasteiger partial charge in [-0.25, -0.2) is 13.1 Å². The van der Waals surface area contributed by atoms with Gasteiger partial charge >= 0.3 is 0 Å². The van der Waals surface area contributed by atoms with Crippen LogP contribution >= 0.6 is 0 Å². The first-order valence-corrected chi connectivity index (χ1v) is 6.99. The van der Waals surface area contributed by atoms with Crippen LogP contribution in [0.3, 0.4) is 0 Å². The highest BCUT2D eigenvalue weighted by atomic mass is 32.2. The molecule has 1 unspecified atom stereocenters. The van der Waals surface area contributed by atoms with Crippen molar-refractivity contribution < 1.29 is 8.42 Å². The maximum atomic E-state index is 12.1. The van der Waals surface area contributed by atoms with Gasteiger partial charge in [-0.1, -0.05) is 5.21 Å². The molecule has 2 rings (SSSR count). The van der Waals surface area contributed by atoms with E-state index in [9.17, 15) is 8.42 Å². The Balaban J connectivity index is 2.13. The predicted molar refractivity (Wildman–Crippen MR) is 64.2 cm³/mol. The SMILES string of the molecule is CC(NS(=O)(=O)c1cnn(CCN)c1)c1nn[nH]n1. The lowest BCUT2D eigenvalue weighted by molar-refractivity contribution is 0.559. The lowest BCUT2D eigenvalue weighted by Crippen LogP contribution is -2.27. The summed E-state index contributed by atoms with van der Waals surface area (Å²) < 4.78 is 28.0. The monoisotopic (exact) mass is 286 g/mol. The van der Waals surface area contributed by atoms with Crippen molar-refractivity contribution >= 4 is 10.0 Å². The van der Waals surface area contributed by atoms with Gasteiger partial charge in [0.1, 0.15) is 4.90 Å². The molecule has 10 nitrogen and oxygen atoms in total. The van der Waals surface area contributed by atoms with Gasteiger partial charge in [0.15, 0.2) is 5.82 Å². The van der Waals surface area contributed by atoms with Crippen LogP contribution in [0.15, 0.2) is 17.3 Å². The minimum absolute atomic E-state index is 0.0660. The molecule has 2 aromatic rings. The van der Waals surface area contributed by atoms with Crippen LogP contribution in [0.1, 0.15) is 18.8 Å². The van der Waals surface area contributed by atoms with E-state index < -0.39 is 16.1 Å². The summed E-state index contributed by atoms with van der Waals surface area (Å²) >= 11 is 0. The second kappa shape index (κ2) is 5.42. The van der Waals surface area contributed by atoms with Crippen LogP contribution in [-0.4, -0.2) is 45.4 Å². The second-order valence-corrected chi connectivity index (χ2v) is 5.55. The van der Waals surface area contributed by atoms with Gasteiger partial charge in [-0.2, -0.15) is 10.3 Å². The summed E-state index contributed by atoms with van der Waals surface area (Å²) in [6, 6.07) is -0.596. The van der Waals surface area contributed by atoms with E-state index in [1.54, 1.807) is 6.92 Å². The summed E-state index contributed by atoms with van der Waals surface area (Å²) in [6.45, 7) is 2.45. The number of nitrogens with one attached hydrogen (secondary N) is 2. The summed E-state index contributed by atoms with van der Waals surface area (Å²) in [5, 5.41) is 17.0. The molecule has 0 saturated heterocycles. The molecule has 0 spiro atoms. The van der Waals surface area contributed by atoms with Crippen LogP contribution in [0.5, 0.6) is 0 Å². The Labute approximate surface area is 109 Å². The summed E-state index contributed by atoms with van der Waals surface area (Å²) in [7, 11) is -3.68. The Hall–Kier alpha value is -1.85. The molecular formula is C8H14N8O2S. The van der Waals surface area contributed by atoms with Crippen molar-refractivity contribution in [2.24, 2.45) is 5.73 Å². The van der Waals surface area contributed by atoms with Crippen LogP contribution in [0.25, 0.3) is 0 Å². The first-order valence-electron chi connectivity index (χ1n) is 5.51. The van der Waals surface area contributed by atoms with Crippen LogP contribution in [0, 0.1) is 0 Å². The molecule has 0 aliphatic rings. The van der Waals surface area contributed by atoms with Gasteiger partial charge in [-0.05, 0) is 6.92 Å². The van der Waals surface area contributed by atoms with Crippen LogP contribution < -0.4 is 10.5 Å². The number of nitrogens with zero attached hydrogens (tertiary/aromatic N) is 5. The van der Waals surface area contributed by atoms with Crippen LogP contribution in [-0.2, 0) is 16.6 Å². The molecule has 2 aromatic heterocycles. The standard InChI is InChI=1S/C8H14N8O2S/c1-6(8-11-14-15-12-8)13-19(17,18)7-4-10-16(5-7)3-2-9/h4-6,13H,2-3,9H2,1H3,(H,11,12,14,15). The van der Waals surface area contributed by atoms with Crippen molar-refractivity contribution in [2.45, 2.75) is 24.4 Å². The fraction of sp³-hybridized carbons (Fsp3) is 0.500. The summed E-state index contributed by atoms with van der Waals surface area (Å²) in [4.78, 5) is 0.0660. The van der Waals surface area contributed by atoms with E-state index in [0.717, 1.165) is 0 Å².